The predicted octanol–water partition coefficient (Wildman–Crippen LogP) is 1.66. The number of anilines is 1. The number of aryl methyl sites for hydroxylation is 1. The molecule has 0 radical (unpaired) electrons. The molecule has 98 valence electrons. The first-order valence-electron chi connectivity index (χ1n) is 6.55. The van der Waals surface area contributed by atoms with Gasteiger partial charge in [0.25, 0.3) is 5.91 Å². The number of hydrogen-bond acceptors (Lipinski definition) is 1. The number of likely N-dealkylation sites (tertiary alicyclic amines) is 1. The van der Waals surface area contributed by atoms with Crippen molar-refractivity contribution in [3.63, 3.8) is 0 Å². The van der Waals surface area contributed by atoms with Gasteiger partial charge in [0.2, 0.25) is 0 Å². The number of benzene rings is 1. The van der Waals surface area contributed by atoms with E-state index in [9.17, 15) is 4.79 Å². The standard InChI is InChI=1S/C14H19ClN2O/c1-11-5-6-12(9-13(11)15)16-14(18)10-17-7-3-2-4-8-17/h5-6,9H,2-4,7-8,10H2,1H3,(H,16,18)/p+1. The topological polar surface area (TPSA) is 33.5 Å². The molecule has 2 rings (SSSR count). The van der Waals surface area contributed by atoms with Gasteiger partial charge in [-0.05, 0) is 43.9 Å². The van der Waals surface area contributed by atoms with E-state index in [-0.39, 0.29) is 5.91 Å². The average Bonchev–Trinajstić information content (AvgIpc) is 2.35. The lowest BCUT2D eigenvalue weighted by Crippen LogP contribution is -3.13. The second kappa shape index (κ2) is 6.21. The lowest BCUT2D eigenvalue weighted by Gasteiger charge is -2.22. The second-order valence-electron chi connectivity index (χ2n) is 5.00. The summed E-state index contributed by atoms with van der Waals surface area (Å²) in [6.45, 7) is 4.74. The third-order valence-corrected chi connectivity index (χ3v) is 3.83. The van der Waals surface area contributed by atoms with E-state index in [1.54, 1.807) is 6.07 Å². The molecule has 1 aliphatic heterocycles. The summed E-state index contributed by atoms with van der Waals surface area (Å²) in [7, 11) is 0. The molecule has 1 aromatic carbocycles. The molecule has 2 N–H and O–H groups in total. The van der Waals surface area contributed by atoms with Crippen molar-refractivity contribution in [2.45, 2.75) is 26.2 Å². The molecule has 18 heavy (non-hydrogen) atoms. The van der Waals surface area contributed by atoms with Gasteiger partial charge in [0, 0.05) is 10.7 Å². The lowest BCUT2D eigenvalue weighted by molar-refractivity contribution is -0.896. The van der Waals surface area contributed by atoms with Crippen LogP contribution in [0.1, 0.15) is 24.8 Å². The zero-order chi connectivity index (χ0) is 13.0. The molecule has 1 heterocycles. The molecule has 3 nitrogen and oxygen atoms in total. The summed E-state index contributed by atoms with van der Waals surface area (Å²) in [6.07, 6.45) is 3.77. The summed E-state index contributed by atoms with van der Waals surface area (Å²) in [5.74, 6) is 0.0758. The van der Waals surface area contributed by atoms with Gasteiger partial charge < -0.3 is 10.2 Å². The maximum Gasteiger partial charge on any atom is 0.279 e. The molecule has 0 saturated carbocycles. The van der Waals surface area contributed by atoms with Gasteiger partial charge in [0.05, 0.1) is 13.1 Å². The van der Waals surface area contributed by atoms with Crippen LogP contribution in [0, 0.1) is 6.92 Å². The Morgan fingerprint density at radius 2 is 2.06 bits per heavy atom. The van der Waals surface area contributed by atoms with E-state index < -0.39 is 0 Å². The van der Waals surface area contributed by atoms with Gasteiger partial charge in [0.15, 0.2) is 6.54 Å². The van der Waals surface area contributed by atoms with E-state index >= 15 is 0 Å². The fourth-order valence-electron chi connectivity index (χ4n) is 2.33. The van der Waals surface area contributed by atoms with E-state index in [2.05, 4.69) is 5.32 Å². The molecule has 0 unspecified atom stereocenters. The van der Waals surface area contributed by atoms with Gasteiger partial charge >= 0.3 is 0 Å². The molecular weight excluding hydrogens is 248 g/mol. The fourth-order valence-corrected chi connectivity index (χ4v) is 2.51. The highest BCUT2D eigenvalue weighted by atomic mass is 35.5. The number of nitrogens with one attached hydrogen (secondary N) is 2. The van der Waals surface area contributed by atoms with Gasteiger partial charge in [-0.15, -0.1) is 0 Å². The van der Waals surface area contributed by atoms with Crippen molar-refractivity contribution in [3.8, 4) is 0 Å². The number of quaternary nitrogens is 1. The minimum absolute atomic E-state index is 0.0758. The summed E-state index contributed by atoms with van der Waals surface area (Å²) in [5.41, 5.74) is 1.81. The van der Waals surface area contributed by atoms with Gasteiger partial charge in [-0.3, -0.25) is 4.79 Å². The van der Waals surface area contributed by atoms with Gasteiger partial charge in [-0.25, -0.2) is 0 Å². The molecule has 0 aromatic heterocycles. The Kier molecular flexibility index (Phi) is 4.61. The third kappa shape index (κ3) is 3.72. The normalized spacial score (nSPS) is 16.6. The number of piperidine rings is 1. The monoisotopic (exact) mass is 267 g/mol. The van der Waals surface area contributed by atoms with Gasteiger partial charge in [0.1, 0.15) is 0 Å². The molecule has 0 atom stereocenters. The Morgan fingerprint density at radius 3 is 2.72 bits per heavy atom. The number of amides is 1. The molecule has 0 spiro atoms. The SMILES string of the molecule is Cc1ccc(NC(=O)C[NH+]2CCCCC2)cc1Cl. The Bertz CT molecular complexity index is 428. The van der Waals surface area contributed by atoms with Crippen LogP contribution in [-0.2, 0) is 4.79 Å². The maximum atomic E-state index is 11.9. The van der Waals surface area contributed by atoms with E-state index in [0.29, 0.717) is 11.6 Å². The van der Waals surface area contributed by atoms with Gasteiger partial charge in [-0.1, -0.05) is 17.7 Å². The first-order valence-corrected chi connectivity index (χ1v) is 6.92. The Hall–Kier alpha value is -1.06. The van der Waals surface area contributed by atoms with Crippen LogP contribution in [0.3, 0.4) is 0 Å². The first-order chi connectivity index (χ1) is 8.65. The van der Waals surface area contributed by atoms with Gasteiger partial charge in [-0.2, -0.15) is 0 Å². The van der Waals surface area contributed by atoms with Crippen LogP contribution in [0.25, 0.3) is 0 Å². The van der Waals surface area contributed by atoms with Crippen molar-refractivity contribution in [1.82, 2.24) is 0 Å². The maximum absolute atomic E-state index is 11.9. The second-order valence-corrected chi connectivity index (χ2v) is 5.41. The van der Waals surface area contributed by atoms with Crippen LogP contribution in [0.2, 0.25) is 5.02 Å². The summed E-state index contributed by atoms with van der Waals surface area (Å²) in [4.78, 5) is 13.3. The van der Waals surface area contributed by atoms with Crippen molar-refractivity contribution in [3.05, 3.63) is 28.8 Å². The number of carbonyl (C=O) groups is 1. The predicted molar refractivity (Wildman–Crippen MR) is 74.2 cm³/mol. The van der Waals surface area contributed by atoms with E-state index in [1.807, 2.05) is 19.1 Å². The molecular formula is C14H20ClN2O+. The van der Waals surface area contributed by atoms with Crippen molar-refractivity contribution in [1.29, 1.82) is 0 Å². The largest absolute Gasteiger partial charge is 0.327 e. The molecule has 1 amide bonds. The lowest BCUT2D eigenvalue weighted by atomic mass is 10.1. The van der Waals surface area contributed by atoms with E-state index in [0.717, 1.165) is 24.3 Å². The number of hydrogen-bond donors (Lipinski definition) is 2. The van der Waals surface area contributed by atoms with Crippen LogP contribution in [0.5, 0.6) is 0 Å². The zero-order valence-electron chi connectivity index (χ0n) is 10.8. The highest BCUT2D eigenvalue weighted by Crippen LogP contribution is 2.19. The van der Waals surface area contributed by atoms with E-state index in [1.165, 1.54) is 24.2 Å². The molecule has 1 aliphatic rings. The minimum Gasteiger partial charge on any atom is -0.327 e. The average molecular weight is 268 g/mol. The zero-order valence-corrected chi connectivity index (χ0v) is 11.5. The molecule has 1 saturated heterocycles. The fraction of sp³-hybridized carbons (Fsp3) is 0.500. The molecule has 0 aliphatic carbocycles. The third-order valence-electron chi connectivity index (χ3n) is 3.43. The van der Waals surface area contributed by atoms with Crippen LogP contribution in [0.15, 0.2) is 18.2 Å². The highest BCUT2D eigenvalue weighted by Gasteiger charge is 2.17. The number of halogens is 1. The smallest absolute Gasteiger partial charge is 0.279 e. The van der Waals surface area contributed by atoms with Crippen molar-refractivity contribution < 1.29 is 9.69 Å². The Balaban J connectivity index is 1.88. The summed E-state index contributed by atoms with van der Waals surface area (Å²) in [6, 6.07) is 5.62. The summed E-state index contributed by atoms with van der Waals surface area (Å²) >= 11 is 6.03. The summed E-state index contributed by atoms with van der Waals surface area (Å²) in [5, 5.41) is 3.61. The van der Waals surface area contributed by atoms with Crippen LogP contribution >= 0.6 is 11.6 Å². The van der Waals surface area contributed by atoms with Crippen LogP contribution < -0.4 is 10.2 Å². The van der Waals surface area contributed by atoms with Crippen LogP contribution in [-0.4, -0.2) is 25.5 Å². The quantitative estimate of drug-likeness (QED) is 0.858. The van der Waals surface area contributed by atoms with Crippen molar-refractivity contribution in [2.24, 2.45) is 0 Å². The molecule has 1 fully saturated rings. The van der Waals surface area contributed by atoms with E-state index in [4.69, 9.17) is 11.6 Å². The summed E-state index contributed by atoms with van der Waals surface area (Å²) < 4.78 is 0. The van der Waals surface area contributed by atoms with Crippen LogP contribution in [0.4, 0.5) is 5.69 Å². The Labute approximate surface area is 113 Å². The first kappa shape index (κ1) is 13.4. The number of rotatable bonds is 3. The number of carbonyl (C=O) groups excluding carboxylic acids is 1. The van der Waals surface area contributed by atoms with Crippen molar-refractivity contribution in [2.75, 3.05) is 25.0 Å². The molecule has 1 aromatic rings. The molecule has 4 heteroatoms. The minimum atomic E-state index is 0.0758. The highest BCUT2D eigenvalue weighted by molar-refractivity contribution is 6.31. The molecule has 0 bridgehead atoms. The van der Waals surface area contributed by atoms with Crippen molar-refractivity contribution >= 4 is 23.2 Å². The Morgan fingerprint density at radius 1 is 1.33 bits per heavy atom.